The number of aryl methyl sites for hydroxylation is 6. The topological polar surface area (TPSA) is 238 Å². The van der Waals surface area contributed by atoms with Gasteiger partial charge in [0.1, 0.15) is 0 Å². The first kappa shape index (κ1) is 89.5. The Labute approximate surface area is 640 Å². The summed E-state index contributed by atoms with van der Waals surface area (Å²) in [5, 5.41) is 99.3. The normalized spacial score (nSPS) is 18.7. The molecule has 6 atom stereocenters. The van der Waals surface area contributed by atoms with Crippen LogP contribution in [-0.4, -0.2) is 75.9 Å². The number of halogens is 1. The van der Waals surface area contributed by atoms with E-state index in [9.17, 15) is 30.6 Å². The molecule has 0 spiro atoms. The fraction of sp³-hybridized carbons (Fsp3) is 0.571. The second-order valence-electron chi connectivity index (χ2n) is 34.8. The van der Waals surface area contributed by atoms with Crippen LogP contribution in [0.2, 0.25) is 0 Å². The maximum Gasteiger partial charge on any atom is 3.00 e. The molecule has 0 aliphatic carbocycles. The molecule has 562 valence electrons. The molecule has 6 aromatic carbocycles. The Morgan fingerprint density at radius 1 is 0.255 bits per heavy atom. The van der Waals surface area contributed by atoms with Gasteiger partial charge in [0, 0.05) is 75.5 Å². The van der Waals surface area contributed by atoms with E-state index in [1.807, 2.05) is 114 Å². The van der Waals surface area contributed by atoms with E-state index in [1.54, 1.807) is 0 Å². The van der Waals surface area contributed by atoms with E-state index in [2.05, 4.69) is 157 Å². The van der Waals surface area contributed by atoms with Crippen LogP contribution in [0.25, 0.3) is 0 Å². The molecule has 9 rings (SSSR count). The molecule has 0 bridgehead atoms. The van der Waals surface area contributed by atoms with Gasteiger partial charge in [0.2, 0.25) is 0 Å². The van der Waals surface area contributed by atoms with Crippen molar-refractivity contribution in [3.8, 4) is 34.5 Å². The third-order valence-corrected chi connectivity index (χ3v) is 19.3. The van der Waals surface area contributed by atoms with Crippen LogP contribution in [0.5, 0.6) is 34.5 Å². The third-order valence-electron chi connectivity index (χ3n) is 19.3. The van der Waals surface area contributed by atoms with Gasteiger partial charge in [-0.05, 0) is 141 Å². The molecule has 0 saturated carbocycles. The van der Waals surface area contributed by atoms with Gasteiger partial charge < -0.3 is 89.2 Å². The van der Waals surface area contributed by atoms with Crippen molar-refractivity contribution >= 4 is 0 Å². The summed E-state index contributed by atoms with van der Waals surface area (Å²) in [7, 11) is 0. The molecular weight excluding hydrogens is 1380 g/mol. The second kappa shape index (κ2) is 36.6. The second-order valence-corrected chi connectivity index (χ2v) is 34.8. The Balaban J connectivity index is 0.000000320. The molecule has 18 heteroatoms. The van der Waals surface area contributed by atoms with Crippen LogP contribution in [-0.2, 0) is 120 Å². The van der Waals surface area contributed by atoms with E-state index >= 15 is 0 Å². The number of ether oxygens (including phenoxy) is 3. The summed E-state index contributed by atoms with van der Waals surface area (Å²) >= 11 is 0. The number of hydrogen-bond acceptors (Lipinski definition) is 15. The van der Waals surface area contributed by atoms with Crippen LogP contribution in [0, 0.1) is 41.5 Å². The zero-order valence-corrected chi connectivity index (χ0v) is 68.8. The molecule has 3 aliphatic rings. The number of nitrogens with one attached hydrogen (secondary N) is 6. The fourth-order valence-electron chi connectivity index (χ4n) is 13.5. The van der Waals surface area contributed by atoms with E-state index in [0.717, 1.165) is 100 Å². The first-order valence-electron chi connectivity index (χ1n) is 35.8. The summed E-state index contributed by atoms with van der Waals surface area (Å²) in [6.07, 6.45) is 0. The minimum Gasteiger partial charge on any atom is -1.00 e. The van der Waals surface area contributed by atoms with Gasteiger partial charge in [-0.15, -0.1) is 34.5 Å². The van der Waals surface area contributed by atoms with Crippen molar-refractivity contribution in [1.82, 2.24) is 31.9 Å². The third kappa shape index (κ3) is 24.0. The first-order chi connectivity index (χ1) is 45.8. The summed E-state index contributed by atoms with van der Waals surface area (Å²) in [6, 6.07) is 24.3. The van der Waals surface area contributed by atoms with E-state index in [4.69, 9.17) is 14.2 Å². The summed E-state index contributed by atoms with van der Waals surface area (Å²) in [4.78, 5) is 0. The minimum atomic E-state index is -0.186. The van der Waals surface area contributed by atoms with Gasteiger partial charge in [0.15, 0.2) is 0 Å². The van der Waals surface area contributed by atoms with Crippen molar-refractivity contribution in [2.24, 2.45) is 0 Å². The molecule has 3 fully saturated rings. The summed E-state index contributed by atoms with van der Waals surface area (Å²) in [6.45, 7) is 56.1. The fourth-order valence-corrected chi connectivity index (χ4v) is 13.5. The molecule has 3 saturated heterocycles. The molecule has 0 aromatic heterocycles. The maximum atomic E-state index is 13.0. The Hall–Kier alpha value is -4.91. The Kier molecular flexibility index (Phi) is 32.1. The Bertz CT molecular complexity index is 3120. The molecular formula is C84H120ClMn2N6O9-. The van der Waals surface area contributed by atoms with Crippen molar-refractivity contribution in [3.05, 3.63) is 173 Å². The SMILES string of the molecule is Cc1cc(CNC2COCC2NCc2cc(C)cc(C(C)(C)C)c2[O-])c([O-])c(C(C)(C)C)c1.Cc1cc(CNC2COCC2NCc2cc(C)cc(C(C)(C)C)c2[O-])c([O-])c(C(C)(C)C)c1.Cc1cc(CNC2COCC2NCc2cc(C)cc(C(C)(C)C)c2[O-])c([O-])c(C(C)(C)C)c1.[Cl-].[Mn+3].[Mn+3]. The van der Waals surface area contributed by atoms with Crippen molar-refractivity contribution in [2.75, 3.05) is 39.6 Å². The molecule has 6 aromatic rings. The van der Waals surface area contributed by atoms with Crippen LogP contribution < -0.4 is 74.9 Å². The van der Waals surface area contributed by atoms with Crippen molar-refractivity contribution in [3.63, 3.8) is 0 Å². The monoisotopic (exact) mass is 1500 g/mol. The van der Waals surface area contributed by atoms with Crippen LogP contribution in [0.15, 0.2) is 72.8 Å². The quantitative estimate of drug-likeness (QED) is 0.0446. The molecule has 0 amide bonds. The van der Waals surface area contributed by atoms with E-state index < -0.39 is 0 Å². The van der Waals surface area contributed by atoms with Gasteiger partial charge in [0.05, 0.1) is 39.6 Å². The summed E-state index contributed by atoms with van der Waals surface area (Å²) in [5.74, 6) is 0.719. The van der Waals surface area contributed by atoms with Gasteiger partial charge in [-0.3, -0.25) is 0 Å². The number of rotatable bonds is 18. The van der Waals surface area contributed by atoms with Crippen LogP contribution in [0.4, 0.5) is 0 Å². The van der Waals surface area contributed by atoms with Crippen LogP contribution in [0.1, 0.15) is 225 Å². The Morgan fingerprint density at radius 2 is 0.373 bits per heavy atom. The molecule has 102 heavy (non-hydrogen) atoms. The Morgan fingerprint density at radius 3 is 0.480 bits per heavy atom. The molecule has 3 heterocycles. The average Bonchev–Trinajstić information content (AvgIpc) is 1.27. The van der Waals surface area contributed by atoms with Crippen molar-refractivity contribution < 1.29 is 91.4 Å². The number of benzene rings is 6. The number of hydrogen-bond donors (Lipinski definition) is 6. The first-order valence-corrected chi connectivity index (χ1v) is 35.8. The summed E-state index contributed by atoms with van der Waals surface area (Å²) in [5.41, 5.74) is 15.4. The van der Waals surface area contributed by atoms with Gasteiger partial charge >= 0.3 is 34.1 Å². The molecule has 3 aliphatic heterocycles. The van der Waals surface area contributed by atoms with Gasteiger partial charge in [-0.25, -0.2) is 0 Å². The van der Waals surface area contributed by atoms with E-state index in [0.29, 0.717) is 78.9 Å². The molecule has 15 nitrogen and oxygen atoms in total. The molecule has 0 radical (unpaired) electrons. The maximum absolute atomic E-state index is 13.0. The van der Waals surface area contributed by atoms with Gasteiger partial charge in [0.25, 0.3) is 0 Å². The predicted molar refractivity (Wildman–Crippen MR) is 392 cm³/mol. The summed E-state index contributed by atoms with van der Waals surface area (Å²) < 4.78 is 17.2. The standard InChI is InChI=1S/3C28H42N2O3.ClH.2Mn/c3*1-17-9-19(25(31)21(11-17)27(3,4)5)13-29-23-15-33-16-24(23)30-14-20-10-18(2)12-22(26(20)32)28(6,7)8;;;/h3*9-12,23-24,29-32H,13-16H2,1-8H3;1H;;/q;;;;2*+3/p-7. The zero-order valence-electron chi connectivity index (χ0n) is 65.7. The smallest absolute Gasteiger partial charge is 1.00 e. The van der Waals surface area contributed by atoms with Gasteiger partial charge in [-0.1, -0.05) is 231 Å². The van der Waals surface area contributed by atoms with Crippen molar-refractivity contribution in [2.45, 2.75) is 274 Å². The van der Waals surface area contributed by atoms with Gasteiger partial charge in [-0.2, -0.15) is 0 Å². The van der Waals surface area contributed by atoms with E-state index in [-0.39, 0.29) is 150 Å². The average molecular weight is 1500 g/mol. The zero-order chi connectivity index (χ0) is 73.7. The largest absolute Gasteiger partial charge is 3.00 e. The minimum absolute atomic E-state index is 0. The molecule has 6 N–H and O–H groups in total. The predicted octanol–water partition coefficient (Wildman–Crippen LogP) is 8.08. The van der Waals surface area contributed by atoms with E-state index in [1.165, 1.54) is 0 Å². The molecule has 6 unspecified atom stereocenters. The van der Waals surface area contributed by atoms with Crippen molar-refractivity contribution in [1.29, 1.82) is 0 Å². The van der Waals surface area contributed by atoms with Crippen LogP contribution in [0.3, 0.4) is 0 Å². The van der Waals surface area contributed by atoms with Crippen LogP contribution >= 0.6 is 0 Å².